The molecule has 1 aromatic carbocycles. The van der Waals surface area contributed by atoms with Crippen molar-refractivity contribution in [3.05, 3.63) is 35.2 Å². The summed E-state index contributed by atoms with van der Waals surface area (Å²) in [4.78, 5) is 38.1. The lowest BCUT2D eigenvalue weighted by atomic mass is 9.81. The van der Waals surface area contributed by atoms with E-state index in [1.165, 1.54) is 0 Å². The molecule has 2 fully saturated rings. The molecule has 1 aliphatic carbocycles. The second-order valence-corrected chi connectivity index (χ2v) is 7.59. The van der Waals surface area contributed by atoms with Crippen molar-refractivity contribution in [3.63, 3.8) is 0 Å². The van der Waals surface area contributed by atoms with Gasteiger partial charge in [-0.1, -0.05) is 31.0 Å². The van der Waals surface area contributed by atoms with Crippen LogP contribution < -0.4 is 0 Å². The Kier molecular flexibility index (Phi) is 4.29. The molecular weight excluding hydrogens is 338 g/mol. The molecule has 1 saturated carbocycles. The van der Waals surface area contributed by atoms with Crippen LogP contribution in [0.5, 0.6) is 0 Å². The van der Waals surface area contributed by atoms with E-state index in [4.69, 9.17) is 4.74 Å². The Bertz CT molecular complexity index is 819. The van der Waals surface area contributed by atoms with Gasteiger partial charge in [-0.25, -0.2) is 0 Å². The minimum atomic E-state index is -0.532. The van der Waals surface area contributed by atoms with Crippen LogP contribution in [0, 0.1) is 11.8 Å². The molecule has 1 saturated heterocycles. The number of ether oxygens (including phenoxy) is 1. The largest absolute Gasteiger partial charge is 0.459 e. The van der Waals surface area contributed by atoms with Gasteiger partial charge in [0, 0.05) is 10.3 Å². The van der Waals surface area contributed by atoms with Crippen molar-refractivity contribution in [1.29, 1.82) is 0 Å². The lowest BCUT2D eigenvalue weighted by Gasteiger charge is -2.19. The van der Waals surface area contributed by atoms with E-state index in [-0.39, 0.29) is 36.8 Å². The Balaban J connectivity index is 1.39. The number of hydrogen-bond acceptors (Lipinski definition) is 5. The zero-order chi connectivity index (χ0) is 17.4. The van der Waals surface area contributed by atoms with E-state index in [1.54, 1.807) is 11.3 Å². The van der Waals surface area contributed by atoms with Crippen LogP contribution in [0.3, 0.4) is 0 Å². The molecule has 2 heterocycles. The minimum absolute atomic E-state index is 0.159. The van der Waals surface area contributed by atoms with E-state index in [1.807, 2.05) is 29.6 Å². The monoisotopic (exact) mass is 357 g/mol. The quantitative estimate of drug-likeness (QED) is 0.623. The Morgan fingerprint density at radius 1 is 1.12 bits per heavy atom. The molecule has 2 amide bonds. The fourth-order valence-corrected chi connectivity index (χ4v) is 4.81. The Hall–Kier alpha value is -2.21. The zero-order valence-electron chi connectivity index (χ0n) is 13.8. The molecule has 0 N–H and O–H groups in total. The predicted octanol–water partition coefficient (Wildman–Crippen LogP) is 3.12. The van der Waals surface area contributed by atoms with E-state index in [0.717, 1.165) is 46.2 Å². The van der Waals surface area contributed by atoms with E-state index in [2.05, 4.69) is 0 Å². The highest BCUT2D eigenvalue weighted by Crippen LogP contribution is 2.37. The second-order valence-electron chi connectivity index (χ2n) is 6.68. The number of thiophene rings is 1. The van der Waals surface area contributed by atoms with Crippen molar-refractivity contribution < 1.29 is 19.1 Å². The molecule has 6 heteroatoms. The van der Waals surface area contributed by atoms with Crippen LogP contribution in [-0.4, -0.2) is 29.2 Å². The highest BCUT2D eigenvalue weighted by molar-refractivity contribution is 7.17. The lowest BCUT2D eigenvalue weighted by Crippen LogP contribution is -2.36. The molecule has 5 nitrogen and oxygen atoms in total. The number of hydrogen-bond donors (Lipinski definition) is 0. The molecule has 4 rings (SSSR count). The highest BCUT2D eigenvalue weighted by Gasteiger charge is 2.48. The third-order valence-corrected chi connectivity index (χ3v) is 6.18. The van der Waals surface area contributed by atoms with Gasteiger partial charge in [0.2, 0.25) is 11.8 Å². The maximum atomic E-state index is 12.4. The number of esters is 1. The van der Waals surface area contributed by atoms with Crippen molar-refractivity contribution in [2.24, 2.45) is 11.8 Å². The number of rotatable bonds is 4. The number of fused-ring (bicyclic) bond motifs is 2. The molecular formula is C19H19NO4S. The Labute approximate surface area is 149 Å². The number of imide groups is 1. The minimum Gasteiger partial charge on any atom is -0.459 e. The van der Waals surface area contributed by atoms with E-state index >= 15 is 0 Å². The molecule has 25 heavy (non-hydrogen) atoms. The van der Waals surface area contributed by atoms with Crippen molar-refractivity contribution in [2.45, 2.75) is 32.3 Å². The van der Waals surface area contributed by atoms with Crippen LogP contribution in [-0.2, 0) is 25.7 Å². The van der Waals surface area contributed by atoms with Crippen LogP contribution in [0.2, 0.25) is 0 Å². The normalized spacial score (nSPS) is 23.1. The SMILES string of the molecule is O=C(CN1C(=O)C2CCCCC2C1=O)OCc1csc2ccccc12. The summed E-state index contributed by atoms with van der Waals surface area (Å²) in [7, 11) is 0. The van der Waals surface area contributed by atoms with Gasteiger partial charge in [0.05, 0.1) is 11.8 Å². The molecule has 2 aliphatic rings. The number of likely N-dealkylation sites (tertiary alicyclic amines) is 1. The maximum absolute atomic E-state index is 12.4. The molecule has 1 aliphatic heterocycles. The van der Waals surface area contributed by atoms with Crippen molar-refractivity contribution >= 4 is 39.2 Å². The molecule has 0 bridgehead atoms. The zero-order valence-corrected chi connectivity index (χ0v) is 14.6. The van der Waals surface area contributed by atoms with Crippen LogP contribution in [0.25, 0.3) is 10.1 Å². The number of benzene rings is 1. The molecule has 130 valence electrons. The van der Waals surface area contributed by atoms with Crippen molar-refractivity contribution in [2.75, 3.05) is 6.54 Å². The lowest BCUT2D eigenvalue weighted by molar-refractivity contribution is -0.153. The first-order chi connectivity index (χ1) is 12.1. The molecule has 2 aromatic rings. The summed E-state index contributed by atoms with van der Waals surface area (Å²) in [6, 6.07) is 7.93. The average Bonchev–Trinajstić information content (AvgIpc) is 3.15. The third kappa shape index (κ3) is 2.95. The van der Waals surface area contributed by atoms with Crippen LogP contribution in [0.4, 0.5) is 0 Å². The average molecular weight is 357 g/mol. The number of nitrogens with zero attached hydrogens (tertiary/aromatic N) is 1. The van der Waals surface area contributed by atoms with Gasteiger partial charge in [-0.05, 0) is 29.7 Å². The molecule has 1 aromatic heterocycles. The molecule has 2 atom stereocenters. The summed E-state index contributed by atoms with van der Waals surface area (Å²) in [5, 5.41) is 3.04. The fourth-order valence-electron chi connectivity index (χ4n) is 3.86. The van der Waals surface area contributed by atoms with Crippen LogP contribution in [0.15, 0.2) is 29.6 Å². The number of amides is 2. The topological polar surface area (TPSA) is 63.7 Å². The maximum Gasteiger partial charge on any atom is 0.326 e. The summed E-state index contributed by atoms with van der Waals surface area (Å²) in [5.74, 6) is -1.39. The molecule has 2 unspecified atom stereocenters. The van der Waals surface area contributed by atoms with Gasteiger partial charge in [0.15, 0.2) is 0 Å². The van der Waals surface area contributed by atoms with Gasteiger partial charge in [-0.3, -0.25) is 19.3 Å². The first kappa shape index (κ1) is 16.3. The number of carbonyl (C=O) groups excluding carboxylic acids is 3. The van der Waals surface area contributed by atoms with Crippen LogP contribution in [0.1, 0.15) is 31.2 Å². The van der Waals surface area contributed by atoms with E-state index in [0.29, 0.717) is 0 Å². The van der Waals surface area contributed by atoms with Gasteiger partial charge in [-0.2, -0.15) is 0 Å². The van der Waals surface area contributed by atoms with Gasteiger partial charge < -0.3 is 4.74 Å². The molecule has 0 spiro atoms. The van der Waals surface area contributed by atoms with Gasteiger partial charge in [0.25, 0.3) is 0 Å². The van der Waals surface area contributed by atoms with Crippen LogP contribution >= 0.6 is 11.3 Å². The summed E-state index contributed by atoms with van der Waals surface area (Å²) in [6.45, 7) is -0.112. The standard InChI is InChI=1S/C19H19NO4S/c21-17(24-10-12-11-25-16-8-4-3-5-13(12)16)9-20-18(22)14-6-1-2-7-15(14)19(20)23/h3-5,8,11,14-15H,1-2,6-7,9-10H2. The first-order valence-corrected chi connectivity index (χ1v) is 9.49. The first-order valence-electron chi connectivity index (χ1n) is 8.61. The summed E-state index contributed by atoms with van der Waals surface area (Å²) >= 11 is 1.60. The van der Waals surface area contributed by atoms with Gasteiger partial charge in [-0.15, -0.1) is 11.3 Å². The number of carbonyl (C=O) groups is 3. The smallest absolute Gasteiger partial charge is 0.326 e. The fraction of sp³-hybridized carbons (Fsp3) is 0.421. The van der Waals surface area contributed by atoms with Gasteiger partial charge in [0.1, 0.15) is 13.2 Å². The summed E-state index contributed by atoms with van der Waals surface area (Å²) < 4.78 is 6.47. The summed E-state index contributed by atoms with van der Waals surface area (Å²) in [6.07, 6.45) is 3.46. The van der Waals surface area contributed by atoms with E-state index < -0.39 is 5.97 Å². The van der Waals surface area contributed by atoms with Crippen molar-refractivity contribution in [3.8, 4) is 0 Å². The highest BCUT2D eigenvalue weighted by atomic mass is 32.1. The second kappa shape index (κ2) is 6.59. The Morgan fingerprint density at radius 3 is 2.52 bits per heavy atom. The summed E-state index contributed by atoms with van der Waals surface area (Å²) in [5.41, 5.74) is 0.946. The third-order valence-electron chi connectivity index (χ3n) is 5.17. The molecule has 0 radical (unpaired) electrons. The van der Waals surface area contributed by atoms with E-state index in [9.17, 15) is 14.4 Å². The predicted molar refractivity (Wildman–Crippen MR) is 93.8 cm³/mol. The Morgan fingerprint density at radius 2 is 1.80 bits per heavy atom. The van der Waals surface area contributed by atoms with Crippen molar-refractivity contribution in [1.82, 2.24) is 4.90 Å². The van der Waals surface area contributed by atoms with Gasteiger partial charge >= 0.3 is 5.97 Å².